The standard InChI is InChI=1S/C17H26N2O2/c1-13(11-12-20)18-17(21)19-16(15-9-5-6-10-15)14-7-3-2-4-8-14/h2-4,7-8,13,15-16,20H,5-6,9-12H2,1H3,(H2,18,19,21)/t13-,16?/m1/s1. The van der Waals surface area contributed by atoms with Crippen LogP contribution in [0.15, 0.2) is 30.3 Å². The highest BCUT2D eigenvalue weighted by Crippen LogP contribution is 2.35. The number of nitrogens with one attached hydrogen (secondary N) is 2. The number of hydrogen-bond donors (Lipinski definition) is 3. The molecule has 4 nitrogen and oxygen atoms in total. The van der Waals surface area contributed by atoms with E-state index in [9.17, 15) is 4.79 Å². The average molecular weight is 290 g/mol. The fraction of sp³-hybridized carbons (Fsp3) is 0.588. The van der Waals surface area contributed by atoms with Crippen LogP contribution in [0, 0.1) is 5.92 Å². The van der Waals surface area contributed by atoms with Gasteiger partial charge in [-0.05, 0) is 37.7 Å². The third-order valence-corrected chi connectivity index (χ3v) is 4.26. The zero-order valence-electron chi connectivity index (χ0n) is 12.7. The van der Waals surface area contributed by atoms with Crippen LogP contribution in [0.25, 0.3) is 0 Å². The van der Waals surface area contributed by atoms with Gasteiger partial charge in [0, 0.05) is 12.6 Å². The number of carbonyl (C=O) groups excluding carboxylic acids is 1. The summed E-state index contributed by atoms with van der Waals surface area (Å²) < 4.78 is 0. The molecule has 2 amide bonds. The molecular weight excluding hydrogens is 264 g/mol. The molecule has 0 bridgehead atoms. The summed E-state index contributed by atoms with van der Waals surface area (Å²) in [6, 6.07) is 10.1. The number of aliphatic hydroxyl groups is 1. The number of amides is 2. The zero-order chi connectivity index (χ0) is 15.1. The molecule has 0 saturated heterocycles. The molecule has 2 atom stereocenters. The molecule has 0 heterocycles. The van der Waals surface area contributed by atoms with Gasteiger partial charge in [-0.1, -0.05) is 43.2 Å². The van der Waals surface area contributed by atoms with Gasteiger partial charge in [0.15, 0.2) is 0 Å². The first kappa shape index (κ1) is 15.8. The summed E-state index contributed by atoms with van der Waals surface area (Å²) in [6.07, 6.45) is 5.42. The molecule has 0 aliphatic heterocycles. The van der Waals surface area contributed by atoms with E-state index in [-0.39, 0.29) is 24.7 Å². The van der Waals surface area contributed by atoms with Gasteiger partial charge >= 0.3 is 6.03 Å². The predicted molar refractivity (Wildman–Crippen MR) is 84.0 cm³/mol. The number of benzene rings is 1. The predicted octanol–water partition coefficient (Wildman–Crippen LogP) is 2.99. The Morgan fingerprint density at radius 1 is 1.24 bits per heavy atom. The minimum absolute atomic E-state index is 0.0185. The first-order valence-corrected chi connectivity index (χ1v) is 7.93. The van der Waals surface area contributed by atoms with Crippen molar-refractivity contribution in [1.29, 1.82) is 0 Å². The summed E-state index contributed by atoms with van der Waals surface area (Å²) in [4.78, 5) is 12.2. The van der Waals surface area contributed by atoms with Crippen molar-refractivity contribution in [3.05, 3.63) is 35.9 Å². The molecule has 21 heavy (non-hydrogen) atoms. The van der Waals surface area contributed by atoms with E-state index in [1.54, 1.807) is 0 Å². The van der Waals surface area contributed by atoms with Crippen molar-refractivity contribution >= 4 is 6.03 Å². The summed E-state index contributed by atoms with van der Waals surface area (Å²) in [5.41, 5.74) is 1.18. The second-order valence-electron chi connectivity index (χ2n) is 5.96. The second kappa shape index (κ2) is 8.03. The topological polar surface area (TPSA) is 61.4 Å². The monoisotopic (exact) mass is 290 g/mol. The van der Waals surface area contributed by atoms with Crippen LogP contribution in [0.4, 0.5) is 4.79 Å². The SMILES string of the molecule is C[C@H](CCO)NC(=O)NC(c1ccccc1)C1CCCC1. The van der Waals surface area contributed by atoms with Crippen LogP contribution in [-0.2, 0) is 0 Å². The lowest BCUT2D eigenvalue weighted by Crippen LogP contribution is -2.44. The summed E-state index contributed by atoms with van der Waals surface area (Å²) in [6.45, 7) is 2.00. The van der Waals surface area contributed by atoms with Crippen molar-refractivity contribution in [2.45, 2.75) is 51.1 Å². The van der Waals surface area contributed by atoms with Crippen LogP contribution >= 0.6 is 0 Å². The van der Waals surface area contributed by atoms with Crippen molar-refractivity contribution in [1.82, 2.24) is 10.6 Å². The van der Waals surface area contributed by atoms with Crippen LogP contribution in [0.1, 0.15) is 50.6 Å². The molecule has 116 valence electrons. The third-order valence-electron chi connectivity index (χ3n) is 4.26. The first-order valence-electron chi connectivity index (χ1n) is 7.93. The van der Waals surface area contributed by atoms with Gasteiger partial charge in [-0.2, -0.15) is 0 Å². The highest BCUT2D eigenvalue weighted by atomic mass is 16.3. The molecule has 1 aliphatic rings. The molecule has 3 N–H and O–H groups in total. The lowest BCUT2D eigenvalue weighted by Gasteiger charge is -2.26. The van der Waals surface area contributed by atoms with E-state index in [1.807, 2.05) is 25.1 Å². The molecule has 1 unspecified atom stereocenters. The minimum atomic E-state index is -0.142. The highest BCUT2D eigenvalue weighted by molar-refractivity contribution is 5.74. The van der Waals surface area contributed by atoms with Gasteiger partial charge in [-0.25, -0.2) is 4.79 Å². The Labute approximate surface area is 126 Å². The molecule has 0 radical (unpaired) electrons. The van der Waals surface area contributed by atoms with Crippen LogP contribution in [-0.4, -0.2) is 23.8 Å². The van der Waals surface area contributed by atoms with Crippen molar-refractivity contribution in [2.24, 2.45) is 5.92 Å². The van der Waals surface area contributed by atoms with Crippen molar-refractivity contribution in [3.8, 4) is 0 Å². The van der Waals surface area contributed by atoms with Gasteiger partial charge in [0.2, 0.25) is 0 Å². The van der Waals surface area contributed by atoms with Gasteiger partial charge in [-0.15, -0.1) is 0 Å². The van der Waals surface area contributed by atoms with Crippen molar-refractivity contribution in [3.63, 3.8) is 0 Å². The molecule has 4 heteroatoms. The summed E-state index contributed by atoms with van der Waals surface area (Å²) >= 11 is 0. The largest absolute Gasteiger partial charge is 0.396 e. The minimum Gasteiger partial charge on any atom is -0.396 e. The van der Waals surface area contributed by atoms with Gasteiger partial charge in [0.1, 0.15) is 0 Å². The molecule has 1 fully saturated rings. The van der Waals surface area contributed by atoms with E-state index in [1.165, 1.54) is 31.2 Å². The molecule has 1 aliphatic carbocycles. The van der Waals surface area contributed by atoms with Crippen LogP contribution in [0.2, 0.25) is 0 Å². The van der Waals surface area contributed by atoms with Gasteiger partial charge in [-0.3, -0.25) is 0 Å². The smallest absolute Gasteiger partial charge is 0.315 e. The lowest BCUT2D eigenvalue weighted by atomic mass is 9.92. The molecule has 2 rings (SSSR count). The van der Waals surface area contributed by atoms with Gasteiger partial charge < -0.3 is 15.7 Å². The number of hydrogen-bond acceptors (Lipinski definition) is 2. The fourth-order valence-corrected chi connectivity index (χ4v) is 3.10. The molecule has 1 aromatic carbocycles. The van der Waals surface area contributed by atoms with Gasteiger partial charge in [0.25, 0.3) is 0 Å². The Hall–Kier alpha value is -1.55. The van der Waals surface area contributed by atoms with E-state index >= 15 is 0 Å². The maximum Gasteiger partial charge on any atom is 0.315 e. The van der Waals surface area contributed by atoms with E-state index in [4.69, 9.17) is 5.11 Å². The van der Waals surface area contributed by atoms with E-state index < -0.39 is 0 Å². The maximum atomic E-state index is 12.2. The Morgan fingerprint density at radius 2 is 1.90 bits per heavy atom. The molecule has 1 saturated carbocycles. The van der Waals surface area contributed by atoms with Crippen LogP contribution < -0.4 is 10.6 Å². The number of carbonyl (C=O) groups is 1. The van der Waals surface area contributed by atoms with Crippen molar-refractivity contribution in [2.75, 3.05) is 6.61 Å². The Balaban J connectivity index is 2.01. The average Bonchev–Trinajstić information content (AvgIpc) is 3.00. The van der Waals surface area contributed by atoms with Crippen molar-refractivity contribution < 1.29 is 9.90 Å². The highest BCUT2D eigenvalue weighted by Gasteiger charge is 2.27. The molecular formula is C17H26N2O2. The normalized spacial score (nSPS) is 18.2. The molecule has 0 spiro atoms. The number of aliphatic hydroxyl groups excluding tert-OH is 1. The Bertz CT molecular complexity index is 430. The van der Waals surface area contributed by atoms with E-state index in [0.29, 0.717) is 12.3 Å². The molecule has 0 aromatic heterocycles. The third kappa shape index (κ3) is 4.74. The van der Waals surface area contributed by atoms with Crippen LogP contribution in [0.3, 0.4) is 0 Å². The van der Waals surface area contributed by atoms with Crippen LogP contribution in [0.5, 0.6) is 0 Å². The first-order chi connectivity index (χ1) is 10.2. The van der Waals surface area contributed by atoms with Gasteiger partial charge in [0.05, 0.1) is 6.04 Å². The lowest BCUT2D eigenvalue weighted by molar-refractivity contribution is 0.222. The number of urea groups is 1. The Morgan fingerprint density at radius 3 is 2.52 bits per heavy atom. The summed E-state index contributed by atoms with van der Waals surface area (Å²) in [5, 5.41) is 14.9. The Kier molecular flexibility index (Phi) is 6.05. The summed E-state index contributed by atoms with van der Waals surface area (Å²) in [5.74, 6) is 0.520. The molecule has 1 aromatic rings. The quantitative estimate of drug-likeness (QED) is 0.754. The van der Waals surface area contributed by atoms with E-state index in [2.05, 4.69) is 22.8 Å². The maximum absolute atomic E-state index is 12.2. The summed E-state index contributed by atoms with van der Waals surface area (Å²) in [7, 11) is 0. The number of rotatable bonds is 6. The van der Waals surface area contributed by atoms with E-state index in [0.717, 1.165) is 0 Å². The second-order valence-corrected chi connectivity index (χ2v) is 5.96. The fourth-order valence-electron chi connectivity index (χ4n) is 3.10. The zero-order valence-corrected chi connectivity index (χ0v) is 12.7.